The maximum absolute atomic E-state index is 14.5. The van der Waals surface area contributed by atoms with Crippen LogP contribution in [0.5, 0.6) is 11.5 Å². The lowest BCUT2D eigenvalue weighted by Crippen LogP contribution is -2.11. The van der Waals surface area contributed by atoms with Crippen molar-refractivity contribution in [3.05, 3.63) is 130 Å². The molecule has 8 heteroatoms. The molecular weight excluding hydrogens is 464 g/mol. The third kappa shape index (κ3) is 5.92. The lowest BCUT2D eigenvalue weighted by atomic mass is 10.0. The predicted molar refractivity (Wildman–Crippen MR) is 118 cm³/mol. The standard InChI is InChI=1S/C27H16F4O4/c28-18-3-7-20(8-4-18)34-26(32)22-11-1-16(14-24(22)30)13-17-2-12-23(25(31)15-17)27(33)35-21-9-5-19(29)6-10-21/h1-12,14-15H,13H2. The molecular formula is C27H16F4O4. The first-order valence-electron chi connectivity index (χ1n) is 10.3. The molecule has 0 spiro atoms. The second-order valence-electron chi connectivity index (χ2n) is 7.49. The van der Waals surface area contributed by atoms with Crippen molar-refractivity contribution in [3.63, 3.8) is 0 Å². The highest BCUT2D eigenvalue weighted by molar-refractivity contribution is 5.92. The highest BCUT2D eigenvalue weighted by Crippen LogP contribution is 2.20. The molecule has 35 heavy (non-hydrogen) atoms. The van der Waals surface area contributed by atoms with E-state index in [0.717, 1.165) is 36.4 Å². The van der Waals surface area contributed by atoms with Crippen LogP contribution in [0.3, 0.4) is 0 Å². The highest BCUT2D eigenvalue weighted by atomic mass is 19.1. The summed E-state index contributed by atoms with van der Waals surface area (Å²) in [6.45, 7) is 0. The van der Waals surface area contributed by atoms with Crippen LogP contribution >= 0.6 is 0 Å². The number of benzene rings is 4. The molecule has 0 radical (unpaired) electrons. The molecule has 4 aromatic rings. The zero-order valence-electron chi connectivity index (χ0n) is 17.9. The fourth-order valence-electron chi connectivity index (χ4n) is 3.23. The largest absolute Gasteiger partial charge is 0.423 e. The second kappa shape index (κ2) is 10.2. The van der Waals surface area contributed by atoms with Crippen molar-refractivity contribution in [2.24, 2.45) is 0 Å². The van der Waals surface area contributed by atoms with Gasteiger partial charge in [0.25, 0.3) is 0 Å². The van der Waals surface area contributed by atoms with Crippen LogP contribution < -0.4 is 9.47 Å². The van der Waals surface area contributed by atoms with Crippen molar-refractivity contribution < 1.29 is 36.6 Å². The predicted octanol–water partition coefficient (Wildman–Crippen LogP) is 6.27. The van der Waals surface area contributed by atoms with E-state index >= 15 is 0 Å². The van der Waals surface area contributed by atoms with Gasteiger partial charge in [-0.25, -0.2) is 27.2 Å². The zero-order valence-corrected chi connectivity index (χ0v) is 17.9. The van der Waals surface area contributed by atoms with Crippen molar-refractivity contribution in [1.29, 1.82) is 0 Å². The van der Waals surface area contributed by atoms with Crippen LogP contribution in [0.15, 0.2) is 84.9 Å². The molecule has 0 saturated carbocycles. The molecule has 0 aliphatic heterocycles. The van der Waals surface area contributed by atoms with Crippen LogP contribution in [0.1, 0.15) is 31.8 Å². The topological polar surface area (TPSA) is 52.6 Å². The van der Waals surface area contributed by atoms with Crippen LogP contribution in [-0.2, 0) is 6.42 Å². The van der Waals surface area contributed by atoms with Crippen LogP contribution in [0.2, 0.25) is 0 Å². The van der Waals surface area contributed by atoms with E-state index in [2.05, 4.69) is 0 Å². The summed E-state index contributed by atoms with van der Waals surface area (Å²) < 4.78 is 65.1. The monoisotopic (exact) mass is 480 g/mol. The molecule has 4 aromatic carbocycles. The molecule has 0 saturated heterocycles. The Bertz CT molecular complexity index is 1280. The van der Waals surface area contributed by atoms with E-state index in [-0.39, 0.29) is 29.0 Å². The first-order chi connectivity index (χ1) is 16.8. The molecule has 4 rings (SSSR count). The van der Waals surface area contributed by atoms with E-state index < -0.39 is 35.2 Å². The molecule has 0 atom stereocenters. The van der Waals surface area contributed by atoms with Gasteiger partial charge in [-0.15, -0.1) is 0 Å². The Hall–Kier alpha value is -4.46. The Labute approximate surface area is 197 Å². The maximum atomic E-state index is 14.5. The van der Waals surface area contributed by atoms with Crippen molar-refractivity contribution in [2.75, 3.05) is 0 Å². The molecule has 0 amide bonds. The lowest BCUT2D eigenvalue weighted by Gasteiger charge is -2.09. The third-order valence-electron chi connectivity index (χ3n) is 4.96. The number of halogens is 4. The van der Waals surface area contributed by atoms with Crippen molar-refractivity contribution in [2.45, 2.75) is 6.42 Å². The first-order valence-corrected chi connectivity index (χ1v) is 10.3. The summed E-state index contributed by atoms with van der Waals surface area (Å²) in [5.41, 5.74) is 0.259. The number of carbonyl (C=O) groups is 2. The number of esters is 2. The van der Waals surface area contributed by atoms with Gasteiger partial charge in [-0.1, -0.05) is 12.1 Å². The zero-order chi connectivity index (χ0) is 24.9. The Morgan fingerprint density at radius 3 is 1.26 bits per heavy atom. The van der Waals surface area contributed by atoms with E-state index in [4.69, 9.17) is 9.47 Å². The average Bonchev–Trinajstić information content (AvgIpc) is 2.82. The molecule has 4 nitrogen and oxygen atoms in total. The Balaban J connectivity index is 1.43. The Morgan fingerprint density at radius 1 is 0.543 bits per heavy atom. The summed E-state index contributed by atoms with van der Waals surface area (Å²) in [5, 5.41) is 0. The number of carbonyl (C=O) groups excluding carboxylic acids is 2. The van der Waals surface area contributed by atoms with Gasteiger partial charge >= 0.3 is 11.9 Å². The number of hydrogen-bond acceptors (Lipinski definition) is 4. The normalized spacial score (nSPS) is 10.6. The minimum atomic E-state index is -0.948. The van der Waals surface area contributed by atoms with Crippen LogP contribution in [0.25, 0.3) is 0 Å². The van der Waals surface area contributed by atoms with E-state index in [1.165, 1.54) is 48.5 Å². The van der Waals surface area contributed by atoms with Crippen LogP contribution in [-0.4, -0.2) is 11.9 Å². The minimum absolute atomic E-state index is 0.0633. The SMILES string of the molecule is O=C(Oc1ccc(F)cc1)c1ccc(Cc2ccc(C(=O)Oc3ccc(F)cc3)c(F)c2)cc1F. The third-order valence-corrected chi connectivity index (χ3v) is 4.96. The van der Waals surface area contributed by atoms with Gasteiger partial charge in [0, 0.05) is 0 Å². The fraction of sp³-hybridized carbons (Fsp3) is 0.0370. The number of ether oxygens (including phenoxy) is 2. The van der Waals surface area contributed by atoms with Crippen LogP contribution in [0.4, 0.5) is 17.6 Å². The fourth-order valence-corrected chi connectivity index (χ4v) is 3.23. The quantitative estimate of drug-likeness (QED) is 0.185. The van der Waals surface area contributed by atoms with E-state index in [1.54, 1.807) is 0 Å². The van der Waals surface area contributed by atoms with E-state index in [0.29, 0.717) is 11.1 Å². The molecule has 176 valence electrons. The van der Waals surface area contributed by atoms with Gasteiger partial charge in [0.15, 0.2) is 0 Å². The molecule has 0 fully saturated rings. The van der Waals surface area contributed by atoms with Gasteiger partial charge in [0.1, 0.15) is 34.8 Å². The summed E-state index contributed by atoms with van der Waals surface area (Å²) >= 11 is 0. The Morgan fingerprint density at radius 2 is 0.914 bits per heavy atom. The van der Waals surface area contributed by atoms with E-state index in [1.807, 2.05) is 0 Å². The minimum Gasteiger partial charge on any atom is -0.423 e. The van der Waals surface area contributed by atoms with Crippen LogP contribution in [0, 0.1) is 23.3 Å². The highest BCUT2D eigenvalue weighted by Gasteiger charge is 2.17. The summed E-state index contributed by atoms with van der Waals surface area (Å²) in [6, 6.07) is 17.1. The summed E-state index contributed by atoms with van der Waals surface area (Å²) in [5.74, 6) is -4.46. The van der Waals surface area contributed by atoms with Gasteiger partial charge in [-0.2, -0.15) is 0 Å². The van der Waals surface area contributed by atoms with E-state index in [9.17, 15) is 27.2 Å². The van der Waals surface area contributed by atoms with Gasteiger partial charge in [0.05, 0.1) is 11.1 Å². The molecule has 0 heterocycles. The molecule has 0 aliphatic rings. The second-order valence-corrected chi connectivity index (χ2v) is 7.49. The van der Waals surface area contributed by atoms with Crippen molar-refractivity contribution in [1.82, 2.24) is 0 Å². The maximum Gasteiger partial charge on any atom is 0.346 e. The first kappa shape index (κ1) is 23.7. The summed E-state index contributed by atoms with van der Waals surface area (Å²) in [6.07, 6.45) is 0.119. The van der Waals surface area contributed by atoms with Gasteiger partial charge < -0.3 is 9.47 Å². The smallest absolute Gasteiger partial charge is 0.346 e. The molecule has 0 aliphatic carbocycles. The van der Waals surface area contributed by atoms with Gasteiger partial charge in [-0.3, -0.25) is 0 Å². The van der Waals surface area contributed by atoms with Gasteiger partial charge in [0.2, 0.25) is 0 Å². The summed E-state index contributed by atoms with van der Waals surface area (Å²) in [4.78, 5) is 24.4. The summed E-state index contributed by atoms with van der Waals surface area (Å²) in [7, 11) is 0. The molecule has 0 unspecified atom stereocenters. The van der Waals surface area contributed by atoms with Gasteiger partial charge in [-0.05, 0) is 90.3 Å². The average molecular weight is 480 g/mol. The number of rotatable bonds is 6. The molecule has 0 bridgehead atoms. The Kier molecular flexibility index (Phi) is 6.91. The molecule has 0 N–H and O–H groups in total. The molecule has 0 aromatic heterocycles. The van der Waals surface area contributed by atoms with Crippen molar-refractivity contribution in [3.8, 4) is 11.5 Å². The van der Waals surface area contributed by atoms with Crippen molar-refractivity contribution >= 4 is 11.9 Å². The number of hydrogen-bond donors (Lipinski definition) is 0. The lowest BCUT2D eigenvalue weighted by molar-refractivity contribution is 0.0720.